The van der Waals surface area contributed by atoms with Gasteiger partial charge in [0, 0.05) is 33.0 Å². The molecule has 0 fully saturated rings. The first kappa shape index (κ1) is 13.4. The molecule has 0 saturated heterocycles. The number of carbonyl (C=O) groups is 1. The number of anilines is 1. The van der Waals surface area contributed by atoms with E-state index in [9.17, 15) is 4.79 Å². The molecule has 94 valence electrons. The summed E-state index contributed by atoms with van der Waals surface area (Å²) in [4.78, 5) is 15.8. The van der Waals surface area contributed by atoms with Crippen molar-refractivity contribution in [2.45, 2.75) is 6.29 Å². The smallest absolute Gasteiger partial charge is 0.251 e. The van der Waals surface area contributed by atoms with Crippen LogP contribution in [-0.2, 0) is 9.47 Å². The number of hydrogen-bond donors (Lipinski definition) is 2. The zero-order chi connectivity index (χ0) is 12.7. The minimum Gasteiger partial charge on any atom is -0.373 e. The molecule has 0 spiro atoms. The maximum absolute atomic E-state index is 11.8. The average Bonchev–Trinajstić information content (AvgIpc) is 2.39. The Balaban J connectivity index is 2.57. The van der Waals surface area contributed by atoms with E-state index in [4.69, 9.17) is 9.47 Å². The highest BCUT2D eigenvalue weighted by molar-refractivity contribution is 5.94. The Morgan fingerprint density at radius 1 is 1.47 bits per heavy atom. The molecule has 6 heteroatoms. The van der Waals surface area contributed by atoms with Crippen molar-refractivity contribution < 1.29 is 14.3 Å². The van der Waals surface area contributed by atoms with Crippen LogP contribution >= 0.6 is 0 Å². The van der Waals surface area contributed by atoms with Gasteiger partial charge in [0.05, 0.1) is 6.54 Å². The molecule has 2 N–H and O–H groups in total. The van der Waals surface area contributed by atoms with Crippen molar-refractivity contribution in [1.29, 1.82) is 0 Å². The molecule has 0 aliphatic carbocycles. The number of pyridine rings is 1. The van der Waals surface area contributed by atoms with Crippen LogP contribution in [0.15, 0.2) is 18.3 Å². The summed E-state index contributed by atoms with van der Waals surface area (Å²) in [6, 6.07) is 3.31. The molecule has 1 amide bonds. The van der Waals surface area contributed by atoms with E-state index in [0.29, 0.717) is 17.9 Å². The molecule has 0 aliphatic heterocycles. The summed E-state index contributed by atoms with van der Waals surface area (Å²) in [6.45, 7) is 0.295. The molecular formula is C11H17N3O3. The highest BCUT2D eigenvalue weighted by Gasteiger charge is 2.10. The summed E-state index contributed by atoms with van der Waals surface area (Å²) in [5.41, 5.74) is 0.537. The predicted octanol–water partition coefficient (Wildman–Crippen LogP) is 0.472. The van der Waals surface area contributed by atoms with E-state index in [1.54, 1.807) is 25.4 Å². The number of nitrogens with one attached hydrogen (secondary N) is 2. The largest absolute Gasteiger partial charge is 0.373 e. The van der Waals surface area contributed by atoms with Gasteiger partial charge in [-0.3, -0.25) is 4.79 Å². The highest BCUT2D eigenvalue weighted by Crippen LogP contribution is 2.05. The van der Waals surface area contributed by atoms with Crippen LogP contribution in [0.4, 0.5) is 5.82 Å². The van der Waals surface area contributed by atoms with E-state index in [1.165, 1.54) is 14.2 Å². The van der Waals surface area contributed by atoms with Crippen molar-refractivity contribution in [1.82, 2.24) is 10.3 Å². The number of aromatic nitrogens is 1. The SMILES string of the molecule is CNc1cc(C(=O)NCC(OC)OC)ccn1. The molecule has 1 rings (SSSR count). The van der Waals surface area contributed by atoms with Crippen LogP contribution in [0.25, 0.3) is 0 Å². The molecule has 6 nitrogen and oxygen atoms in total. The summed E-state index contributed by atoms with van der Waals surface area (Å²) in [7, 11) is 4.79. The van der Waals surface area contributed by atoms with Crippen LogP contribution in [0.1, 0.15) is 10.4 Å². The van der Waals surface area contributed by atoms with Gasteiger partial charge in [-0.1, -0.05) is 0 Å². The molecule has 0 aliphatic rings. The first-order chi connectivity index (χ1) is 8.21. The van der Waals surface area contributed by atoms with Crippen LogP contribution in [0, 0.1) is 0 Å². The van der Waals surface area contributed by atoms with E-state index >= 15 is 0 Å². The van der Waals surface area contributed by atoms with Crippen molar-refractivity contribution in [2.75, 3.05) is 33.1 Å². The van der Waals surface area contributed by atoms with Gasteiger partial charge in [0.25, 0.3) is 5.91 Å². The standard InChI is InChI=1S/C11H17N3O3/c1-12-9-6-8(4-5-13-9)11(15)14-7-10(16-2)17-3/h4-6,10H,7H2,1-3H3,(H,12,13)(H,14,15). The van der Waals surface area contributed by atoms with Crippen LogP contribution < -0.4 is 10.6 Å². The van der Waals surface area contributed by atoms with Crippen molar-refractivity contribution in [3.63, 3.8) is 0 Å². The third kappa shape index (κ3) is 4.01. The summed E-state index contributed by atoms with van der Waals surface area (Å²) >= 11 is 0. The Labute approximate surface area is 100 Å². The van der Waals surface area contributed by atoms with Gasteiger partial charge in [-0.2, -0.15) is 0 Å². The van der Waals surface area contributed by atoms with Gasteiger partial charge in [0.1, 0.15) is 5.82 Å². The Hall–Kier alpha value is -1.66. The van der Waals surface area contributed by atoms with Gasteiger partial charge in [-0.15, -0.1) is 0 Å². The number of hydrogen-bond acceptors (Lipinski definition) is 5. The van der Waals surface area contributed by atoms with Gasteiger partial charge in [-0.05, 0) is 12.1 Å². The molecule has 1 heterocycles. The Kier molecular flexibility index (Phi) is 5.38. The third-order valence-electron chi connectivity index (χ3n) is 2.23. The first-order valence-electron chi connectivity index (χ1n) is 5.18. The number of carbonyl (C=O) groups excluding carboxylic acids is 1. The molecule has 0 aromatic carbocycles. The third-order valence-corrected chi connectivity index (χ3v) is 2.23. The lowest BCUT2D eigenvalue weighted by molar-refractivity contribution is -0.0974. The number of methoxy groups -OCH3 is 2. The van der Waals surface area contributed by atoms with Gasteiger partial charge in [0.15, 0.2) is 6.29 Å². The van der Waals surface area contributed by atoms with Crippen LogP contribution in [0.2, 0.25) is 0 Å². The van der Waals surface area contributed by atoms with Crippen LogP contribution in [0.5, 0.6) is 0 Å². The quantitative estimate of drug-likeness (QED) is 0.706. The predicted molar refractivity (Wildman–Crippen MR) is 63.9 cm³/mol. The van der Waals surface area contributed by atoms with Crippen LogP contribution in [-0.4, -0.2) is 45.0 Å². The zero-order valence-electron chi connectivity index (χ0n) is 10.2. The minimum atomic E-state index is -0.440. The maximum Gasteiger partial charge on any atom is 0.251 e. The second kappa shape index (κ2) is 6.82. The van der Waals surface area contributed by atoms with E-state index in [1.807, 2.05) is 0 Å². The normalized spacial score (nSPS) is 10.4. The Morgan fingerprint density at radius 2 is 2.18 bits per heavy atom. The lowest BCUT2D eigenvalue weighted by Gasteiger charge is -2.14. The summed E-state index contributed by atoms with van der Waals surface area (Å²) in [5, 5.41) is 5.58. The molecular weight excluding hydrogens is 222 g/mol. The van der Waals surface area contributed by atoms with E-state index in [0.717, 1.165) is 0 Å². The lowest BCUT2D eigenvalue weighted by Crippen LogP contribution is -2.34. The second-order valence-electron chi connectivity index (χ2n) is 3.29. The summed E-state index contributed by atoms with van der Waals surface area (Å²) in [5.74, 6) is 0.454. The molecule has 0 radical (unpaired) electrons. The fourth-order valence-corrected chi connectivity index (χ4v) is 1.25. The average molecular weight is 239 g/mol. The molecule has 0 bridgehead atoms. The van der Waals surface area contributed by atoms with Crippen molar-refractivity contribution in [3.05, 3.63) is 23.9 Å². The Bertz CT molecular complexity index is 367. The Morgan fingerprint density at radius 3 is 2.76 bits per heavy atom. The van der Waals surface area contributed by atoms with Crippen molar-refractivity contribution in [3.8, 4) is 0 Å². The number of amides is 1. The number of rotatable bonds is 6. The van der Waals surface area contributed by atoms with Gasteiger partial charge in [-0.25, -0.2) is 4.98 Å². The van der Waals surface area contributed by atoms with Gasteiger partial charge >= 0.3 is 0 Å². The molecule has 1 aromatic rings. The van der Waals surface area contributed by atoms with Crippen molar-refractivity contribution in [2.24, 2.45) is 0 Å². The van der Waals surface area contributed by atoms with Crippen molar-refractivity contribution >= 4 is 11.7 Å². The second-order valence-corrected chi connectivity index (χ2v) is 3.29. The highest BCUT2D eigenvalue weighted by atomic mass is 16.7. The lowest BCUT2D eigenvalue weighted by atomic mass is 10.2. The number of ether oxygens (including phenoxy) is 2. The number of nitrogens with zero attached hydrogens (tertiary/aromatic N) is 1. The zero-order valence-corrected chi connectivity index (χ0v) is 10.2. The van der Waals surface area contributed by atoms with E-state index in [2.05, 4.69) is 15.6 Å². The fourth-order valence-electron chi connectivity index (χ4n) is 1.25. The van der Waals surface area contributed by atoms with Gasteiger partial charge in [0.2, 0.25) is 0 Å². The molecule has 0 unspecified atom stereocenters. The van der Waals surface area contributed by atoms with Gasteiger partial charge < -0.3 is 20.1 Å². The molecule has 0 atom stereocenters. The fraction of sp³-hybridized carbons (Fsp3) is 0.455. The molecule has 1 aromatic heterocycles. The minimum absolute atomic E-state index is 0.192. The molecule has 0 saturated carbocycles. The van der Waals surface area contributed by atoms with E-state index < -0.39 is 6.29 Å². The molecule has 17 heavy (non-hydrogen) atoms. The van der Waals surface area contributed by atoms with E-state index in [-0.39, 0.29) is 5.91 Å². The first-order valence-corrected chi connectivity index (χ1v) is 5.18. The maximum atomic E-state index is 11.8. The summed E-state index contributed by atoms with van der Waals surface area (Å²) in [6.07, 6.45) is 1.13. The monoisotopic (exact) mass is 239 g/mol. The summed E-state index contributed by atoms with van der Waals surface area (Å²) < 4.78 is 9.94. The van der Waals surface area contributed by atoms with Crippen LogP contribution in [0.3, 0.4) is 0 Å². The topological polar surface area (TPSA) is 72.5 Å².